The summed E-state index contributed by atoms with van der Waals surface area (Å²) in [5.41, 5.74) is 4.92. The van der Waals surface area contributed by atoms with Gasteiger partial charge in [-0.05, 0) is 67.4 Å². The maximum atomic E-state index is 12.7. The number of hydrogen-bond donors (Lipinski definition) is 1. The van der Waals surface area contributed by atoms with Crippen LogP contribution in [0.2, 0.25) is 0 Å². The monoisotopic (exact) mass is 452 g/mol. The van der Waals surface area contributed by atoms with Crippen LogP contribution in [0.4, 0.5) is 5.69 Å². The lowest BCUT2D eigenvalue weighted by Crippen LogP contribution is -2.33. The van der Waals surface area contributed by atoms with Crippen molar-refractivity contribution in [1.82, 2.24) is 14.9 Å². The Morgan fingerprint density at radius 3 is 2.44 bits per heavy atom. The summed E-state index contributed by atoms with van der Waals surface area (Å²) in [6, 6.07) is 23.2. The standard InChI is InChI=1S/C28H28N4O2/c33-28(23-11-9-22(10-12-23)21-7-3-1-4-8-21)30-24-13-14-25-26(19-24)29-20-27(31-25)34-18-17-32-15-5-2-6-16-32/h1,3-4,7-14,19-20H,2,5-6,15-18H2,(H,30,33). The first kappa shape index (κ1) is 22.0. The van der Waals surface area contributed by atoms with Gasteiger partial charge in [0.05, 0.1) is 17.2 Å². The molecule has 34 heavy (non-hydrogen) atoms. The van der Waals surface area contributed by atoms with Crippen LogP contribution in [0.25, 0.3) is 22.2 Å². The molecule has 1 aliphatic heterocycles. The van der Waals surface area contributed by atoms with Crippen LogP contribution >= 0.6 is 0 Å². The smallest absolute Gasteiger partial charge is 0.255 e. The van der Waals surface area contributed by atoms with Gasteiger partial charge in [0, 0.05) is 17.8 Å². The molecule has 0 bridgehead atoms. The second-order valence-corrected chi connectivity index (χ2v) is 8.56. The number of nitrogens with one attached hydrogen (secondary N) is 1. The van der Waals surface area contributed by atoms with Crippen molar-refractivity contribution in [3.05, 3.63) is 84.6 Å². The summed E-state index contributed by atoms with van der Waals surface area (Å²) in [5.74, 6) is 0.365. The fourth-order valence-electron chi connectivity index (χ4n) is 4.25. The number of benzene rings is 3. The number of carbonyl (C=O) groups excluding carboxylic acids is 1. The molecule has 5 rings (SSSR count). The highest BCUT2D eigenvalue weighted by Crippen LogP contribution is 2.21. The van der Waals surface area contributed by atoms with Crippen molar-refractivity contribution in [2.45, 2.75) is 19.3 Å². The zero-order valence-corrected chi connectivity index (χ0v) is 19.1. The molecule has 0 radical (unpaired) electrons. The molecular formula is C28H28N4O2. The highest BCUT2D eigenvalue weighted by Gasteiger charge is 2.11. The maximum absolute atomic E-state index is 12.7. The quantitative estimate of drug-likeness (QED) is 0.406. The average molecular weight is 453 g/mol. The van der Waals surface area contributed by atoms with E-state index in [0.29, 0.717) is 29.3 Å². The Bertz CT molecular complexity index is 1250. The van der Waals surface area contributed by atoms with E-state index < -0.39 is 0 Å². The van der Waals surface area contributed by atoms with Crippen molar-refractivity contribution >= 4 is 22.6 Å². The summed E-state index contributed by atoms with van der Waals surface area (Å²) in [6.45, 7) is 3.82. The van der Waals surface area contributed by atoms with Crippen molar-refractivity contribution in [3.63, 3.8) is 0 Å². The van der Waals surface area contributed by atoms with E-state index >= 15 is 0 Å². The van der Waals surface area contributed by atoms with Crippen molar-refractivity contribution in [1.29, 1.82) is 0 Å². The molecule has 4 aromatic rings. The molecular weight excluding hydrogens is 424 g/mol. The minimum Gasteiger partial charge on any atom is -0.475 e. The fourth-order valence-corrected chi connectivity index (χ4v) is 4.25. The molecule has 0 atom stereocenters. The van der Waals surface area contributed by atoms with E-state index in [1.807, 2.05) is 60.7 Å². The molecule has 172 valence electrons. The molecule has 0 spiro atoms. The molecule has 6 heteroatoms. The highest BCUT2D eigenvalue weighted by atomic mass is 16.5. The molecule has 0 saturated carbocycles. The zero-order chi connectivity index (χ0) is 23.2. The molecule has 0 unspecified atom stereocenters. The zero-order valence-electron chi connectivity index (χ0n) is 19.1. The van der Waals surface area contributed by atoms with Gasteiger partial charge in [-0.2, -0.15) is 0 Å². The molecule has 6 nitrogen and oxygen atoms in total. The molecule has 1 fully saturated rings. The molecule has 1 amide bonds. The van der Waals surface area contributed by atoms with Crippen LogP contribution in [0.15, 0.2) is 79.0 Å². The number of amides is 1. The van der Waals surface area contributed by atoms with E-state index in [0.717, 1.165) is 36.3 Å². The Kier molecular flexibility index (Phi) is 6.77. The Morgan fingerprint density at radius 1 is 0.882 bits per heavy atom. The van der Waals surface area contributed by atoms with Gasteiger partial charge < -0.3 is 10.1 Å². The highest BCUT2D eigenvalue weighted by molar-refractivity contribution is 6.05. The maximum Gasteiger partial charge on any atom is 0.255 e. The Labute approximate surface area is 199 Å². The summed E-state index contributed by atoms with van der Waals surface area (Å²) in [7, 11) is 0. The number of carbonyl (C=O) groups is 1. The van der Waals surface area contributed by atoms with Crippen LogP contribution in [-0.4, -0.2) is 47.0 Å². The van der Waals surface area contributed by atoms with Crippen LogP contribution in [0.3, 0.4) is 0 Å². The predicted octanol–water partition coefficient (Wildman–Crippen LogP) is 5.41. The third kappa shape index (κ3) is 5.41. The lowest BCUT2D eigenvalue weighted by Gasteiger charge is -2.25. The van der Waals surface area contributed by atoms with Gasteiger partial charge in [0.1, 0.15) is 6.61 Å². The first-order chi connectivity index (χ1) is 16.7. The van der Waals surface area contributed by atoms with Gasteiger partial charge in [-0.3, -0.25) is 9.69 Å². The Morgan fingerprint density at radius 2 is 1.65 bits per heavy atom. The number of nitrogens with zero attached hydrogens (tertiary/aromatic N) is 3. The van der Waals surface area contributed by atoms with E-state index in [9.17, 15) is 4.79 Å². The average Bonchev–Trinajstić information content (AvgIpc) is 2.90. The fraction of sp³-hybridized carbons (Fsp3) is 0.250. The van der Waals surface area contributed by atoms with Gasteiger partial charge in [-0.15, -0.1) is 0 Å². The minimum atomic E-state index is -0.162. The summed E-state index contributed by atoms with van der Waals surface area (Å²) in [4.78, 5) is 24.2. The second-order valence-electron chi connectivity index (χ2n) is 8.56. The number of ether oxygens (including phenoxy) is 1. The van der Waals surface area contributed by atoms with Crippen LogP contribution < -0.4 is 10.1 Å². The largest absolute Gasteiger partial charge is 0.475 e. The number of rotatable bonds is 7. The van der Waals surface area contributed by atoms with Crippen molar-refractivity contribution < 1.29 is 9.53 Å². The van der Waals surface area contributed by atoms with Crippen LogP contribution in [-0.2, 0) is 0 Å². The number of piperidine rings is 1. The van der Waals surface area contributed by atoms with E-state index in [2.05, 4.69) is 32.3 Å². The summed E-state index contributed by atoms with van der Waals surface area (Å²) >= 11 is 0. The number of anilines is 1. The van der Waals surface area contributed by atoms with E-state index in [4.69, 9.17) is 4.74 Å². The molecule has 1 aliphatic rings. The van der Waals surface area contributed by atoms with E-state index in [-0.39, 0.29) is 5.91 Å². The van der Waals surface area contributed by atoms with Gasteiger partial charge >= 0.3 is 0 Å². The lowest BCUT2D eigenvalue weighted by atomic mass is 10.0. The van der Waals surface area contributed by atoms with E-state index in [1.165, 1.54) is 19.3 Å². The first-order valence-electron chi connectivity index (χ1n) is 11.8. The van der Waals surface area contributed by atoms with Crippen LogP contribution in [0.1, 0.15) is 29.6 Å². The molecule has 0 aliphatic carbocycles. The summed E-state index contributed by atoms with van der Waals surface area (Å²) in [5, 5.41) is 2.95. The Balaban J connectivity index is 1.20. The first-order valence-corrected chi connectivity index (χ1v) is 11.8. The molecule has 1 N–H and O–H groups in total. The van der Waals surface area contributed by atoms with Gasteiger partial charge in [0.2, 0.25) is 5.88 Å². The SMILES string of the molecule is O=C(Nc1ccc2nc(OCCN3CCCCC3)cnc2c1)c1ccc(-c2ccccc2)cc1. The third-order valence-corrected chi connectivity index (χ3v) is 6.14. The minimum absolute atomic E-state index is 0.162. The van der Waals surface area contributed by atoms with E-state index in [1.54, 1.807) is 6.20 Å². The Hall–Kier alpha value is -3.77. The molecule has 3 aromatic carbocycles. The number of likely N-dealkylation sites (tertiary alicyclic amines) is 1. The van der Waals surface area contributed by atoms with Gasteiger partial charge in [-0.25, -0.2) is 9.97 Å². The van der Waals surface area contributed by atoms with Gasteiger partial charge in [0.15, 0.2) is 0 Å². The van der Waals surface area contributed by atoms with Gasteiger partial charge in [0.25, 0.3) is 5.91 Å². The third-order valence-electron chi connectivity index (χ3n) is 6.14. The van der Waals surface area contributed by atoms with Crippen molar-refractivity contribution in [2.75, 3.05) is 31.6 Å². The molecule has 2 heterocycles. The number of hydrogen-bond acceptors (Lipinski definition) is 5. The normalized spacial score (nSPS) is 14.1. The summed E-state index contributed by atoms with van der Waals surface area (Å²) in [6.07, 6.45) is 5.52. The lowest BCUT2D eigenvalue weighted by molar-refractivity contribution is 0.102. The topological polar surface area (TPSA) is 67.3 Å². The van der Waals surface area contributed by atoms with Gasteiger partial charge in [-0.1, -0.05) is 48.9 Å². The number of fused-ring (bicyclic) bond motifs is 1. The number of aromatic nitrogens is 2. The van der Waals surface area contributed by atoms with Crippen molar-refractivity contribution in [2.24, 2.45) is 0 Å². The second kappa shape index (κ2) is 10.4. The molecule has 1 aromatic heterocycles. The van der Waals surface area contributed by atoms with Crippen LogP contribution in [0.5, 0.6) is 5.88 Å². The van der Waals surface area contributed by atoms with Crippen LogP contribution in [0, 0.1) is 0 Å². The van der Waals surface area contributed by atoms with Crippen molar-refractivity contribution in [3.8, 4) is 17.0 Å². The predicted molar refractivity (Wildman–Crippen MR) is 135 cm³/mol. The molecule has 1 saturated heterocycles. The summed E-state index contributed by atoms with van der Waals surface area (Å²) < 4.78 is 5.83.